The van der Waals surface area contributed by atoms with Crippen molar-refractivity contribution in [3.05, 3.63) is 11.4 Å². The maximum Gasteiger partial charge on any atom is 0.360 e. The number of carbonyl (C=O) groups excluding carboxylic acids is 1. The monoisotopic (exact) mass is 281 g/mol. The van der Waals surface area contributed by atoms with Crippen molar-refractivity contribution in [3.8, 4) is 0 Å². The Kier molecular flexibility index (Phi) is 6.68. The number of aromatic nitrogens is 3. The summed E-state index contributed by atoms with van der Waals surface area (Å²) in [5.41, 5.74) is 1.28. The van der Waals surface area contributed by atoms with E-state index in [2.05, 4.69) is 38.0 Å². The van der Waals surface area contributed by atoms with Gasteiger partial charge in [-0.15, -0.1) is 5.10 Å². The van der Waals surface area contributed by atoms with Crippen molar-refractivity contribution >= 4 is 5.97 Å². The van der Waals surface area contributed by atoms with Crippen molar-refractivity contribution in [2.24, 2.45) is 11.8 Å². The predicted octanol–water partition coefficient (Wildman–Crippen LogP) is 3.09. The number of esters is 1. The van der Waals surface area contributed by atoms with Crippen LogP contribution in [0.2, 0.25) is 0 Å². The van der Waals surface area contributed by atoms with Gasteiger partial charge in [0.2, 0.25) is 0 Å². The number of ether oxygens (including phenoxy) is 1. The first-order chi connectivity index (χ1) is 9.49. The van der Waals surface area contributed by atoms with Gasteiger partial charge in [0.05, 0.1) is 12.3 Å². The zero-order valence-corrected chi connectivity index (χ0v) is 13.3. The third kappa shape index (κ3) is 4.62. The van der Waals surface area contributed by atoms with Gasteiger partial charge in [0, 0.05) is 6.54 Å². The molecule has 0 aliphatic rings. The third-order valence-corrected chi connectivity index (χ3v) is 3.17. The van der Waals surface area contributed by atoms with Gasteiger partial charge in [0.15, 0.2) is 5.69 Å². The average Bonchev–Trinajstić information content (AvgIpc) is 2.72. The van der Waals surface area contributed by atoms with Crippen LogP contribution in [0.5, 0.6) is 0 Å². The Morgan fingerprint density at radius 1 is 1.30 bits per heavy atom. The summed E-state index contributed by atoms with van der Waals surface area (Å²) in [6.45, 7) is 11.6. The van der Waals surface area contributed by atoms with Gasteiger partial charge in [-0.2, -0.15) is 0 Å². The topological polar surface area (TPSA) is 57.0 Å². The molecule has 0 spiro atoms. The molecule has 1 atom stereocenters. The molecule has 0 aliphatic carbocycles. The van der Waals surface area contributed by atoms with Gasteiger partial charge in [-0.3, -0.25) is 0 Å². The van der Waals surface area contributed by atoms with Gasteiger partial charge in [-0.05, 0) is 31.6 Å². The van der Waals surface area contributed by atoms with Crippen LogP contribution < -0.4 is 0 Å². The fraction of sp³-hybridized carbons (Fsp3) is 0.800. The summed E-state index contributed by atoms with van der Waals surface area (Å²) >= 11 is 0. The molecule has 0 bridgehead atoms. The first-order valence-corrected chi connectivity index (χ1v) is 7.58. The fourth-order valence-electron chi connectivity index (χ4n) is 2.31. The summed E-state index contributed by atoms with van der Waals surface area (Å²) in [4.78, 5) is 11.9. The van der Waals surface area contributed by atoms with E-state index in [1.54, 1.807) is 6.92 Å². The Labute approximate surface area is 121 Å². The lowest BCUT2D eigenvalue weighted by Crippen LogP contribution is -2.16. The maximum absolute atomic E-state index is 11.9. The van der Waals surface area contributed by atoms with E-state index in [1.165, 1.54) is 0 Å². The largest absolute Gasteiger partial charge is 0.461 e. The molecule has 0 aliphatic heterocycles. The normalized spacial score (nSPS) is 12.7. The third-order valence-electron chi connectivity index (χ3n) is 3.17. The van der Waals surface area contributed by atoms with E-state index in [0.717, 1.165) is 31.5 Å². The summed E-state index contributed by atoms with van der Waals surface area (Å²) < 4.78 is 6.94. The van der Waals surface area contributed by atoms with Crippen LogP contribution in [-0.2, 0) is 17.7 Å². The molecule has 20 heavy (non-hydrogen) atoms. The summed E-state index contributed by atoms with van der Waals surface area (Å²) in [5.74, 6) is 0.613. The molecular formula is C15H27N3O2. The van der Waals surface area contributed by atoms with E-state index in [9.17, 15) is 4.79 Å². The Hall–Kier alpha value is -1.39. The van der Waals surface area contributed by atoms with Crippen LogP contribution in [0.1, 0.15) is 63.6 Å². The van der Waals surface area contributed by atoms with Gasteiger partial charge < -0.3 is 4.74 Å². The zero-order valence-electron chi connectivity index (χ0n) is 13.3. The standard InChI is InChI=1S/C15H27N3O2/c1-6-8-12(5)10-18-13(9-11(3)4)14(16-17-18)15(19)20-7-2/h11-12H,6-10H2,1-5H3. The van der Waals surface area contributed by atoms with Crippen molar-refractivity contribution in [2.75, 3.05) is 6.61 Å². The molecule has 114 valence electrons. The molecule has 0 fully saturated rings. The predicted molar refractivity (Wildman–Crippen MR) is 78.6 cm³/mol. The molecule has 1 unspecified atom stereocenters. The number of hydrogen-bond donors (Lipinski definition) is 0. The molecule has 0 N–H and O–H groups in total. The van der Waals surface area contributed by atoms with E-state index in [-0.39, 0.29) is 5.97 Å². The minimum Gasteiger partial charge on any atom is -0.461 e. The van der Waals surface area contributed by atoms with Gasteiger partial charge in [0.1, 0.15) is 0 Å². The highest BCUT2D eigenvalue weighted by molar-refractivity contribution is 5.88. The molecule has 1 rings (SSSR count). The molecule has 5 heteroatoms. The smallest absolute Gasteiger partial charge is 0.360 e. The Morgan fingerprint density at radius 2 is 2.00 bits per heavy atom. The number of rotatable bonds is 8. The lowest BCUT2D eigenvalue weighted by atomic mass is 10.0. The highest BCUT2D eigenvalue weighted by Crippen LogP contribution is 2.16. The second-order valence-electron chi connectivity index (χ2n) is 5.78. The molecule has 0 radical (unpaired) electrons. The second kappa shape index (κ2) is 8.02. The van der Waals surface area contributed by atoms with Crippen molar-refractivity contribution < 1.29 is 9.53 Å². The SMILES string of the molecule is CCCC(C)Cn1nnc(C(=O)OCC)c1CC(C)C. The summed E-state index contributed by atoms with van der Waals surface area (Å²) in [6, 6.07) is 0. The Bertz CT molecular complexity index is 427. The maximum atomic E-state index is 11.9. The van der Waals surface area contributed by atoms with E-state index < -0.39 is 0 Å². The Balaban J connectivity index is 2.96. The van der Waals surface area contributed by atoms with E-state index in [1.807, 2.05) is 4.68 Å². The molecule has 1 aromatic rings. The van der Waals surface area contributed by atoms with Crippen molar-refractivity contribution in [2.45, 2.75) is 60.4 Å². The highest BCUT2D eigenvalue weighted by Gasteiger charge is 2.22. The van der Waals surface area contributed by atoms with Crippen molar-refractivity contribution in [1.29, 1.82) is 0 Å². The molecule has 0 saturated carbocycles. The van der Waals surface area contributed by atoms with Crippen LogP contribution in [0.4, 0.5) is 0 Å². The summed E-state index contributed by atoms with van der Waals surface area (Å²) in [5, 5.41) is 8.20. The molecule has 1 heterocycles. The van der Waals surface area contributed by atoms with Crippen molar-refractivity contribution in [1.82, 2.24) is 15.0 Å². The lowest BCUT2D eigenvalue weighted by molar-refractivity contribution is 0.0517. The van der Waals surface area contributed by atoms with Crippen LogP contribution in [0.15, 0.2) is 0 Å². The number of hydrogen-bond acceptors (Lipinski definition) is 4. The van der Waals surface area contributed by atoms with Crippen LogP contribution >= 0.6 is 0 Å². The Morgan fingerprint density at radius 3 is 2.55 bits per heavy atom. The molecule has 0 amide bonds. The minimum absolute atomic E-state index is 0.360. The van der Waals surface area contributed by atoms with E-state index >= 15 is 0 Å². The van der Waals surface area contributed by atoms with Crippen LogP contribution in [0.25, 0.3) is 0 Å². The van der Waals surface area contributed by atoms with E-state index in [4.69, 9.17) is 4.74 Å². The van der Waals surface area contributed by atoms with Crippen molar-refractivity contribution in [3.63, 3.8) is 0 Å². The second-order valence-corrected chi connectivity index (χ2v) is 5.78. The van der Waals surface area contributed by atoms with Gasteiger partial charge in [0.25, 0.3) is 0 Å². The molecular weight excluding hydrogens is 254 g/mol. The molecule has 0 saturated heterocycles. The number of nitrogens with zero attached hydrogens (tertiary/aromatic N) is 3. The van der Waals surface area contributed by atoms with E-state index in [0.29, 0.717) is 24.1 Å². The van der Waals surface area contributed by atoms with Gasteiger partial charge in [-0.25, -0.2) is 9.48 Å². The van der Waals surface area contributed by atoms with Crippen LogP contribution in [0, 0.1) is 11.8 Å². The molecule has 5 nitrogen and oxygen atoms in total. The highest BCUT2D eigenvalue weighted by atomic mass is 16.5. The lowest BCUT2D eigenvalue weighted by Gasteiger charge is -2.14. The summed E-state index contributed by atoms with van der Waals surface area (Å²) in [6.07, 6.45) is 3.09. The van der Waals surface area contributed by atoms with Crippen LogP contribution in [0.3, 0.4) is 0 Å². The van der Waals surface area contributed by atoms with Crippen LogP contribution in [-0.4, -0.2) is 27.6 Å². The number of carbonyl (C=O) groups is 1. The summed E-state index contributed by atoms with van der Waals surface area (Å²) in [7, 11) is 0. The molecule has 0 aromatic carbocycles. The minimum atomic E-state index is -0.363. The average molecular weight is 281 g/mol. The first-order valence-electron chi connectivity index (χ1n) is 7.58. The van der Waals surface area contributed by atoms with Gasteiger partial charge >= 0.3 is 5.97 Å². The molecule has 1 aromatic heterocycles. The first kappa shape index (κ1) is 16.7. The quantitative estimate of drug-likeness (QED) is 0.687. The zero-order chi connectivity index (χ0) is 15.1. The van der Waals surface area contributed by atoms with Gasteiger partial charge in [-0.1, -0.05) is 39.3 Å². The fourth-order valence-corrected chi connectivity index (χ4v) is 2.31.